The van der Waals surface area contributed by atoms with Crippen LogP contribution in [-0.4, -0.2) is 31.5 Å². The average Bonchev–Trinajstić information content (AvgIpc) is 3.31. The van der Waals surface area contributed by atoms with E-state index < -0.39 is 5.91 Å². The van der Waals surface area contributed by atoms with E-state index in [-0.39, 0.29) is 11.4 Å². The lowest BCUT2D eigenvalue weighted by Crippen LogP contribution is -2.35. The number of fused-ring (bicyclic) bond motifs is 2. The van der Waals surface area contributed by atoms with Crippen LogP contribution in [0.2, 0.25) is 0 Å². The maximum absolute atomic E-state index is 12.5. The van der Waals surface area contributed by atoms with Crippen LogP contribution in [0.4, 0.5) is 0 Å². The van der Waals surface area contributed by atoms with Crippen LogP contribution < -0.4 is 0 Å². The van der Waals surface area contributed by atoms with Crippen LogP contribution in [0.5, 0.6) is 0 Å². The van der Waals surface area contributed by atoms with Gasteiger partial charge in [-0.25, -0.2) is 0 Å². The fourth-order valence-electron chi connectivity index (χ4n) is 3.31. The molecule has 0 atom stereocenters. The van der Waals surface area contributed by atoms with Gasteiger partial charge in [0.05, 0.1) is 10.6 Å². The molecular formula is C21H15N5OS. The SMILES string of the molecule is CC1=NN2C(=N)/C(=C\c3cccn3-c3ccc4ccccc4c3)C(=O)N=C2S1. The highest BCUT2D eigenvalue weighted by Gasteiger charge is 2.34. The van der Waals surface area contributed by atoms with Crippen LogP contribution in [0.1, 0.15) is 12.6 Å². The molecule has 1 amide bonds. The van der Waals surface area contributed by atoms with Crippen molar-refractivity contribution in [3.8, 4) is 5.69 Å². The number of hydrogen-bond acceptors (Lipinski definition) is 4. The number of rotatable bonds is 2. The van der Waals surface area contributed by atoms with Crippen molar-refractivity contribution in [1.29, 1.82) is 5.41 Å². The van der Waals surface area contributed by atoms with Gasteiger partial charge in [-0.05, 0) is 59.8 Å². The Hall–Kier alpha value is -3.45. The molecule has 0 saturated heterocycles. The number of hydrazone groups is 1. The minimum atomic E-state index is -0.417. The van der Waals surface area contributed by atoms with Crippen LogP contribution >= 0.6 is 11.8 Å². The smallest absolute Gasteiger partial charge is 0.283 e. The Kier molecular flexibility index (Phi) is 3.77. The molecule has 0 spiro atoms. The highest BCUT2D eigenvalue weighted by Crippen LogP contribution is 2.28. The number of benzene rings is 2. The second kappa shape index (κ2) is 6.31. The lowest BCUT2D eigenvalue weighted by atomic mass is 10.1. The minimum absolute atomic E-state index is 0.0469. The summed E-state index contributed by atoms with van der Waals surface area (Å²) in [7, 11) is 0. The summed E-state index contributed by atoms with van der Waals surface area (Å²) < 4.78 is 1.99. The molecule has 0 aliphatic carbocycles. The van der Waals surface area contributed by atoms with Crippen LogP contribution in [0.3, 0.4) is 0 Å². The first-order chi connectivity index (χ1) is 13.6. The number of nitrogens with one attached hydrogen (secondary N) is 1. The normalized spacial score (nSPS) is 17.9. The van der Waals surface area contributed by atoms with Crippen molar-refractivity contribution in [3.63, 3.8) is 0 Å². The minimum Gasteiger partial charge on any atom is -0.317 e. The standard InChI is InChI=1S/C21H15N5OS/c1-13-24-26-19(22)18(20(27)23-21(26)28-13)12-16-7-4-10-25(16)17-9-8-14-5-2-3-6-15(14)11-17/h2-12,22H,1H3/b18-12+,22-19?. The van der Waals surface area contributed by atoms with E-state index in [4.69, 9.17) is 5.41 Å². The van der Waals surface area contributed by atoms with Gasteiger partial charge in [0.2, 0.25) is 5.17 Å². The molecule has 2 aromatic carbocycles. The largest absolute Gasteiger partial charge is 0.317 e. The molecule has 0 unspecified atom stereocenters. The van der Waals surface area contributed by atoms with Gasteiger partial charge in [0.25, 0.3) is 5.91 Å². The van der Waals surface area contributed by atoms with E-state index in [1.165, 1.54) is 22.2 Å². The van der Waals surface area contributed by atoms with E-state index in [0.29, 0.717) is 5.17 Å². The Labute approximate surface area is 165 Å². The molecular weight excluding hydrogens is 370 g/mol. The molecule has 7 heteroatoms. The highest BCUT2D eigenvalue weighted by atomic mass is 32.2. The summed E-state index contributed by atoms with van der Waals surface area (Å²) in [5.41, 5.74) is 2.01. The number of amidine groups is 2. The van der Waals surface area contributed by atoms with Gasteiger partial charge < -0.3 is 4.57 Å². The Bertz CT molecular complexity index is 1250. The third kappa shape index (κ3) is 2.68. The van der Waals surface area contributed by atoms with Crippen molar-refractivity contribution >= 4 is 50.6 Å². The van der Waals surface area contributed by atoms with E-state index in [1.54, 1.807) is 6.08 Å². The van der Waals surface area contributed by atoms with Crippen LogP contribution in [0.25, 0.3) is 22.5 Å². The summed E-state index contributed by atoms with van der Waals surface area (Å²) in [4.78, 5) is 16.6. The van der Waals surface area contributed by atoms with Crippen molar-refractivity contribution in [3.05, 3.63) is 72.1 Å². The fourth-order valence-corrected chi connectivity index (χ4v) is 4.04. The molecule has 28 heavy (non-hydrogen) atoms. The van der Waals surface area contributed by atoms with Gasteiger partial charge in [0, 0.05) is 17.6 Å². The number of carbonyl (C=O) groups is 1. The van der Waals surface area contributed by atoms with Crippen LogP contribution in [0, 0.1) is 5.41 Å². The third-order valence-electron chi connectivity index (χ3n) is 4.64. The summed E-state index contributed by atoms with van der Waals surface area (Å²) in [6.07, 6.45) is 3.64. The second-order valence-corrected chi connectivity index (χ2v) is 7.63. The monoisotopic (exact) mass is 385 g/mol. The summed E-state index contributed by atoms with van der Waals surface area (Å²) in [6.45, 7) is 1.83. The molecule has 0 radical (unpaired) electrons. The van der Waals surface area contributed by atoms with Gasteiger partial charge in [-0.1, -0.05) is 30.3 Å². The molecule has 5 rings (SSSR count). The van der Waals surface area contributed by atoms with Crippen LogP contribution in [-0.2, 0) is 4.79 Å². The van der Waals surface area contributed by atoms with E-state index in [1.807, 2.05) is 48.0 Å². The number of aromatic nitrogens is 1. The zero-order valence-corrected chi connectivity index (χ0v) is 15.8. The molecule has 2 aliphatic heterocycles. The predicted octanol–water partition coefficient (Wildman–Crippen LogP) is 4.27. The first kappa shape index (κ1) is 16.7. The molecule has 3 heterocycles. The molecule has 0 fully saturated rings. The van der Waals surface area contributed by atoms with Crippen molar-refractivity contribution in [1.82, 2.24) is 9.58 Å². The number of aliphatic imine (C=N–C) groups is 1. The van der Waals surface area contributed by atoms with E-state index in [9.17, 15) is 4.79 Å². The van der Waals surface area contributed by atoms with Gasteiger partial charge in [0.15, 0.2) is 5.84 Å². The molecule has 2 aliphatic rings. The average molecular weight is 385 g/mol. The lowest BCUT2D eigenvalue weighted by Gasteiger charge is -2.20. The lowest BCUT2D eigenvalue weighted by molar-refractivity contribution is -0.114. The van der Waals surface area contributed by atoms with E-state index >= 15 is 0 Å². The topological polar surface area (TPSA) is 73.8 Å². The van der Waals surface area contributed by atoms with E-state index in [2.05, 4.69) is 34.4 Å². The highest BCUT2D eigenvalue weighted by molar-refractivity contribution is 8.26. The summed E-state index contributed by atoms with van der Waals surface area (Å²) >= 11 is 1.30. The molecule has 136 valence electrons. The van der Waals surface area contributed by atoms with Crippen molar-refractivity contribution < 1.29 is 4.79 Å². The zero-order valence-electron chi connectivity index (χ0n) is 15.0. The molecule has 0 saturated carbocycles. The van der Waals surface area contributed by atoms with Gasteiger partial charge >= 0.3 is 0 Å². The van der Waals surface area contributed by atoms with Gasteiger partial charge in [-0.2, -0.15) is 15.1 Å². The fraction of sp³-hybridized carbons (Fsp3) is 0.0476. The van der Waals surface area contributed by atoms with Crippen molar-refractivity contribution in [2.24, 2.45) is 10.1 Å². The molecule has 1 N–H and O–H groups in total. The van der Waals surface area contributed by atoms with Gasteiger partial charge in [-0.3, -0.25) is 10.2 Å². The number of amides is 1. The molecule has 3 aromatic rings. The Morgan fingerprint density at radius 2 is 1.89 bits per heavy atom. The van der Waals surface area contributed by atoms with Gasteiger partial charge in [-0.15, -0.1) is 0 Å². The number of hydrogen-bond donors (Lipinski definition) is 1. The van der Waals surface area contributed by atoms with Crippen molar-refractivity contribution in [2.45, 2.75) is 6.92 Å². The Balaban J connectivity index is 1.57. The Morgan fingerprint density at radius 3 is 2.75 bits per heavy atom. The van der Waals surface area contributed by atoms with E-state index in [0.717, 1.165) is 21.8 Å². The van der Waals surface area contributed by atoms with Crippen molar-refractivity contribution in [2.75, 3.05) is 0 Å². The first-order valence-electron chi connectivity index (χ1n) is 8.73. The molecule has 6 nitrogen and oxygen atoms in total. The summed E-state index contributed by atoms with van der Waals surface area (Å²) in [5.74, 6) is -0.370. The summed E-state index contributed by atoms with van der Waals surface area (Å²) in [6, 6.07) is 18.2. The Morgan fingerprint density at radius 1 is 1.07 bits per heavy atom. The number of thioether (sulfide) groups is 1. The van der Waals surface area contributed by atoms with Crippen LogP contribution in [0.15, 0.2) is 76.5 Å². The predicted molar refractivity (Wildman–Crippen MR) is 114 cm³/mol. The number of carbonyl (C=O) groups excluding carboxylic acids is 1. The summed E-state index contributed by atoms with van der Waals surface area (Å²) in [5, 5.41) is 17.6. The number of nitrogens with zero attached hydrogens (tertiary/aromatic N) is 4. The second-order valence-electron chi connectivity index (χ2n) is 6.47. The van der Waals surface area contributed by atoms with Gasteiger partial charge in [0.1, 0.15) is 0 Å². The maximum atomic E-state index is 12.5. The maximum Gasteiger partial charge on any atom is 0.283 e. The zero-order chi connectivity index (χ0) is 19.3. The molecule has 0 bridgehead atoms. The quantitative estimate of drug-likeness (QED) is 0.670. The first-order valence-corrected chi connectivity index (χ1v) is 9.55. The third-order valence-corrected chi connectivity index (χ3v) is 5.46. The molecule has 1 aromatic heterocycles.